The maximum absolute atomic E-state index is 13.2. The van der Waals surface area contributed by atoms with Gasteiger partial charge in [0.25, 0.3) is 0 Å². The van der Waals surface area contributed by atoms with Gasteiger partial charge in [-0.1, -0.05) is 23.7 Å². The quantitative estimate of drug-likeness (QED) is 0.756. The van der Waals surface area contributed by atoms with E-state index in [1.807, 2.05) is 24.3 Å². The van der Waals surface area contributed by atoms with Gasteiger partial charge in [-0.2, -0.15) is 0 Å². The van der Waals surface area contributed by atoms with Crippen LogP contribution in [0.1, 0.15) is 0 Å². The largest absolute Gasteiger partial charge is 0.494 e. The smallest absolute Gasteiger partial charge is 0.145 e. The zero-order valence-corrected chi connectivity index (χ0v) is 12.0. The molecule has 21 heavy (non-hydrogen) atoms. The average molecular weight is 303 g/mol. The third-order valence-corrected chi connectivity index (χ3v) is 3.44. The molecule has 2 aromatic carbocycles. The van der Waals surface area contributed by atoms with Crippen LogP contribution < -0.4 is 10.1 Å². The maximum Gasteiger partial charge on any atom is 0.145 e. The molecule has 5 heteroatoms. The Morgan fingerprint density at radius 1 is 1.19 bits per heavy atom. The monoisotopic (exact) mass is 302 g/mol. The number of nitrogens with zero attached hydrogens (tertiary/aromatic N) is 1. The molecule has 1 heterocycles. The Hall–Kier alpha value is -2.33. The number of para-hydroxylation sites is 1. The fourth-order valence-corrected chi connectivity index (χ4v) is 2.33. The number of rotatable bonds is 3. The molecule has 0 atom stereocenters. The average Bonchev–Trinajstić information content (AvgIpc) is 2.51. The highest BCUT2D eigenvalue weighted by molar-refractivity contribution is 6.31. The number of methoxy groups -OCH3 is 1. The highest BCUT2D eigenvalue weighted by atomic mass is 35.5. The molecule has 1 N–H and O–H groups in total. The number of ether oxygens (including phenoxy) is 1. The van der Waals surface area contributed by atoms with E-state index >= 15 is 0 Å². The highest BCUT2D eigenvalue weighted by Gasteiger charge is 2.07. The second-order valence-corrected chi connectivity index (χ2v) is 4.88. The molecule has 3 nitrogen and oxygen atoms in total. The lowest BCUT2D eigenvalue weighted by Crippen LogP contribution is -1.94. The summed E-state index contributed by atoms with van der Waals surface area (Å²) in [5, 5.41) is 4.21. The van der Waals surface area contributed by atoms with Crippen molar-refractivity contribution in [2.45, 2.75) is 0 Å². The topological polar surface area (TPSA) is 34.1 Å². The van der Waals surface area contributed by atoms with Crippen molar-refractivity contribution in [2.75, 3.05) is 12.4 Å². The Kier molecular flexibility index (Phi) is 3.62. The van der Waals surface area contributed by atoms with Crippen LogP contribution in [0.25, 0.3) is 10.9 Å². The van der Waals surface area contributed by atoms with E-state index in [4.69, 9.17) is 16.3 Å². The van der Waals surface area contributed by atoms with Crippen molar-refractivity contribution in [2.24, 2.45) is 0 Å². The first kappa shape index (κ1) is 13.6. The van der Waals surface area contributed by atoms with Gasteiger partial charge in [0.05, 0.1) is 12.1 Å². The molecule has 0 aliphatic heterocycles. The van der Waals surface area contributed by atoms with Crippen LogP contribution in [0.3, 0.4) is 0 Å². The molecule has 1 aromatic heterocycles. The SMILES string of the molecule is COc1cccc2c(Nc3ccc(F)c(Cl)c3)ccnc12. The van der Waals surface area contributed by atoms with Gasteiger partial charge in [0.2, 0.25) is 0 Å². The van der Waals surface area contributed by atoms with Crippen LogP contribution >= 0.6 is 11.6 Å². The minimum absolute atomic E-state index is 0.0796. The van der Waals surface area contributed by atoms with Crippen molar-refractivity contribution in [3.63, 3.8) is 0 Å². The predicted molar refractivity (Wildman–Crippen MR) is 83.0 cm³/mol. The molecular formula is C16H12ClFN2O. The van der Waals surface area contributed by atoms with Gasteiger partial charge >= 0.3 is 0 Å². The number of nitrogens with one attached hydrogen (secondary N) is 1. The molecule has 0 spiro atoms. The van der Waals surface area contributed by atoms with Gasteiger partial charge in [-0.25, -0.2) is 4.39 Å². The summed E-state index contributed by atoms with van der Waals surface area (Å²) in [5.74, 6) is 0.261. The molecule has 106 valence electrons. The van der Waals surface area contributed by atoms with Crippen molar-refractivity contribution < 1.29 is 9.13 Å². The molecule has 3 aromatic rings. The fraction of sp³-hybridized carbons (Fsp3) is 0.0625. The number of anilines is 2. The van der Waals surface area contributed by atoms with Crippen molar-refractivity contribution in [1.29, 1.82) is 0 Å². The van der Waals surface area contributed by atoms with E-state index in [-0.39, 0.29) is 5.02 Å². The summed E-state index contributed by atoms with van der Waals surface area (Å²) in [7, 11) is 1.61. The van der Waals surface area contributed by atoms with Gasteiger partial charge < -0.3 is 10.1 Å². The first-order chi connectivity index (χ1) is 10.2. The lowest BCUT2D eigenvalue weighted by molar-refractivity contribution is 0.419. The lowest BCUT2D eigenvalue weighted by atomic mass is 10.1. The number of pyridine rings is 1. The van der Waals surface area contributed by atoms with Crippen LogP contribution in [0.5, 0.6) is 5.75 Å². The third kappa shape index (κ3) is 2.62. The van der Waals surface area contributed by atoms with Crippen LogP contribution in [0.2, 0.25) is 5.02 Å². The summed E-state index contributed by atoms with van der Waals surface area (Å²) in [5.41, 5.74) is 2.32. The van der Waals surface area contributed by atoms with Gasteiger partial charge in [-0.15, -0.1) is 0 Å². The van der Waals surface area contributed by atoms with Gasteiger partial charge in [-0.05, 0) is 30.3 Å². The summed E-state index contributed by atoms with van der Waals surface area (Å²) in [6, 6.07) is 12.0. The number of benzene rings is 2. The Morgan fingerprint density at radius 2 is 2.05 bits per heavy atom. The zero-order chi connectivity index (χ0) is 14.8. The van der Waals surface area contributed by atoms with Gasteiger partial charge in [0.15, 0.2) is 0 Å². The van der Waals surface area contributed by atoms with E-state index in [1.54, 1.807) is 25.4 Å². The summed E-state index contributed by atoms with van der Waals surface area (Å²) in [6.45, 7) is 0. The van der Waals surface area contributed by atoms with Crippen molar-refractivity contribution in [3.8, 4) is 5.75 Å². The number of halogens is 2. The van der Waals surface area contributed by atoms with Crippen LogP contribution in [0, 0.1) is 5.82 Å². The molecule has 0 saturated heterocycles. The molecule has 0 aliphatic carbocycles. The zero-order valence-electron chi connectivity index (χ0n) is 11.2. The summed E-state index contributed by atoms with van der Waals surface area (Å²) in [6.07, 6.45) is 1.69. The Bertz CT molecular complexity index is 807. The molecule has 0 unspecified atom stereocenters. The predicted octanol–water partition coefficient (Wildman–Crippen LogP) is 4.78. The normalized spacial score (nSPS) is 10.6. The number of fused-ring (bicyclic) bond motifs is 1. The van der Waals surface area contributed by atoms with Crippen molar-refractivity contribution in [3.05, 3.63) is 59.5 Å². The maximum atomic E-state index is 13.2. The second kappa shape index (κ2) is 5.58. The second-order valence-electron chi connectivity index (χ2n) is 4.47. The molecule has 3 rings (SSSR count). The number of aromatic nitrogens is 1. The van der Waals surface area contributed by atoms with Crippen LogP contribution in [0.15, 0.2) is 48.7 Å². The number of hydrogen-bond donors (Lipinski definition) is 1. The van der Waals surface area contributed by atoms with E-state index in [1.165, 1.54) is 6.07 Å². The summed E-state index contributed by atoms with van der Waals surface area (Å²) >= 11 is 5.80. The highest BCUT2D eigenvalue weighted by Crippen LogP contribution is 2.31. The molecular weight excluding hydrogens is 291 g/mol. The van der Waals surface area contributed by atoms with Crippen LogP contribution in [-0.4, -0.2) is 12.1 Å². The Labute approximate surface area is 126 Å². The van der Waals surface area contributed by atoms with Crippen LogP contribution in [0.4, 0.5) is 15.8 Å². The van der Waals surface area contributed by atoms with Crippen molar-refractivity contribution in [1.82, 2.24) is 4.98 Å². The van der Waals surface area contributed by atoms with E-state index in [0.29, 0.717) is 11.4 Å². The summed E-state index contributed by atoms with van der Waals surface area (Å²) < 4.78 is 18.5. The van der Waals surface area contributed by atoms with Crippen LogP contribution in [-0.2, 0) is 0 Å². The van der Waals surface area contributed by atoms with E-state index in [9.17, 15) is 4.39 Å². The van der Waals surface area contributed by atoms with Gasteiger partial charge in [-0.3, -0.25) is 4.98 Å². The molecule has 0 fully saturated rings. The molecule has 0 amide bonds. The minimum Gasteiger partial charge on any atom is -0.494 e. The lowest BCUT2D eigenvalue weighted by Gasteiger charge is -2.11. The van der Waals surface area contributed by atoms with E-state index < -0.39 is 5.82 Å². The van der Waals surface area contributed by atoms with Gasteiger partial charge in [0.1, 0.15) is 17.1 Å². The first-order valence-corrected chi connectivity index (χ1v) is 6.70. The minimum atomic E-state index is -0.441. The van der Waals surface area contributed by atoms with E-state index in [0.717, 1.165) is 16.6 Å². The molecule has 0 aliphatic rings. The first-order valence-electron chi connectivity index (χ1n) is 6.33. The van der Waals surface area contributed by atoms with Gasteiger partial charge in [0, 0.05) is 23.0 Å². The number of hydrogen-bond acceptors (Lipinski definition) is 3. The van der Waals surface area contributed by atoms with Crippen molar-refractivity contribution >= 4 is 33.9 Å². The molecule has 0 saturated carbocycles. The standard InChI is InChI=1S/C16H12ClFN2O/c1-21-15-4-2-3-11-14(7-8-19-16(11)15)20-10-5-6-13(18)12(17)9-10/h2-9H,1H3,(H,19,20). The molecule has 0 radical (unpaired) electrons. The Morgan fingerprint density at radius 3 is 2.81 bits per heavy atom. The molecule has 0 bridgehead atoms. The summed E-state index contributed by atoms with van der Waals surface area (Å²) in [4.78, 5) is 4.33. The van der Waals surface area contributed by atoms with E-state index in [2.05, 4.69) is 10.3 Å². The Balaban J connectivity index is 2.06. The fourth-order valence-electron chi connectivity index (χ4n) is 2.15. The third-order valence-electron chi connectivity index (χ3n) is 3.15.